The monoisotopic (exact) mass is 452 g/mol. The Morgan fingerprint density at radius 1 is 0.885 bits per heavy atom. The molecule has 2 aromatic rings. The summed E-state index contributed by atoms with van der Waals surface area (Å²) < 4.78 is 1.22. The van der Waals surface area contributed by atoms with Crippen LogP contribution in [-0.2, 0) is 5.41 Å². The minimum atomic E-state index is 0.131. The number of hydrogen-bond acceptors (Lipinski definition) is 3. The van der Waals surface area contributed by atoms with E-state index in [0.29, 0.717) is 0 Å². The van der Waals surface area contributed by atoms with Crippen molar-refractivity contribution in [3.05, 3.63) is 31.9 Å². The molecule has 2 aromatic heterocycles. The molecule has 0 N–H and O–H groups in total. The van der Waals surface area contributed by atoms with Crippen molar-refractivity contribution in [2.24, 2.45) is 0 Å². The zero-order chi connectivity index (χ0) is 18.6. The summed E-state index contributed by atoms with van der Waals surface area (Å²) >= 11 is 7.26. The maximum absolute atomic E-state index is 11.4. The molecule has 3 rings (SSSR count). The van der Waals surface area contributed by atoms with E-state index in [1.807, 2.05) is 11.3 Å². The normalized spacial score (nSPS) is 14.4. The highest BCUT2D eigenvalue weighted by Crippen LogP contribution is 2.60. The zero-order valence-electron chi connectivity index (χ0n) is 15.9. The van der Waals surface area contributed by atoms with Crippen molar-refractivity contribution >= 4 is 44.9 Å². The summed E-state index contributed by atoms with van der Waals surface area (Å²) in [4.78, 5) is 15.1. The van der Waals surface area contributed by atoms with Crippen molar-refractivity contribution in [3.63, 3.8) is 0 Å². The Morgan fingerprint density at radius 2 is 1.46 bits per heavy atom. The molecule has 142 valence electrons. The summed E-state index contributed by atoms with van der Waals surface area (Å²) in [7, 11) is 0. The molecule has 0 aromatic carbocycles. The molecular formula is C22H29BrOS2. The molecule has 0 atom stereocenters. The summed E-state index contributed by atoms with van der Waals surface area (Å²) in [5, 5.41) is 0. The molecule has 1 aliphatic carbocycles. The quantitative estimate of drug-likeness (QED) is 0.246. The Bertz CT molecular complexity index is 731. The molecule has 2 heterocycles. The maximum Gasteiger partial charge on any atom is 0.160 e. The second-order valence-electron chi connectivity index (χ2n) is 7.51. The van der Waals surface area contributed by atoms with Crippen molar-refractivity contribution in [1.29, 1.82) is 0 Å². The van der Waals surface area contributed by atoms with E-state index in [-0.39, 0.29) is 5.41 Å². The van der Waals surface area contributed by atoms with Gasteiger partial charge in [-0.15, -0.1) is 22.7 Å². The highest BCUT2D eigenvalue weighted by molar-refractivity contribution is 9.11. The lowest BCUT2D eigenvalue weighted by Gasteiger charge is -2.31. The standard InChI is InChI=1S/C22H29BrOS2/c1-3-5-7-9-11-22(12-10-8-6-4-2)17-13-16(15-24)25-20(17)21-18(22)14-19(23)26-21/h13-15H,3-12H2,1-2H3. The fourth-order valence-corrected chi connectivity index (χ4v) is 7.32. The fraction of sp³-hybridized carbons (Fsp3) is 0.591. The molecule has 4 heteroatoms. The van der Waals surface area contributed by atoms with Crippen molar-refractivity contribution in [2.75, 3.05) is 0 Å². The summed E-state index contributed by atoms with van der Waals surface area (Å²) in [6, 6.07) is 4.57. The van der Waals surface area contributed by atoms with Gasteiger partial charge in [0.15, 0.2) is 6.29 Å². The molecule has 0 bridgehead atoms. The van der Waals surface area contributed by atoms with Crippen LogP contribution in [-0.4, -0.2) is 6.29 Å². The van der Waals surface area contributed by atoms with Crippen LogP contribution in [0.2, 0.25) is 0 Å². The van der Waals surface area contributed by atoms with Crippen LogP contribution in [0.25, 0.3) is 9.75 Å². The van der Waals surface area contributed by atoms with E-state index in [1.54, 1.807) is 11.3 Å². The van der Waals surface area contributed by atoms with Crippen LogP contribution in [0.5, 0.6) is 0 Å². The van der Waals surface area contributed by atoms with E-state index >= 15 is 0 Å². The molecule has 0 amide bonds. The number of thiophene rings is 2. The highest BCUT2D eigenvalue weighted by atomic mass is 79.9. The van der Waals surface area contributed by atoms with Crippen LogP contribution in [0.3, 0.4) is 0 Å². The van der Waals surface area contributed by atoms with Gasteiger partial charge in [-0.2, -0.15) is 0 Å². The number of hydrogen-bond donors (Lipinski definition) is 0. The lowest BCUT2D eigenvalue weighted by molar-refractivity contribution is 0.112. The summed E-state index contributed by atoms with van der Waals surface area (Å²) in [5.74, 6) is 0. The Balaban J connectivity index is 1.96. The second kappa shape index (κ2) is 9.16. The summed E-state index contributed by atoms with van der Waals surface area (Å²) in [5.41, 5.74) is 3.11. The predicted molar refractivity (Wildman–Crippen MR) is 119 cm³/mol. The Morgan fingerprint density at radius 3 is 2.04 bits per heavy atom. The van der Waals surface area contributed by atoms with Gasteiger partial charge >= 0.3 is 0 Å². The molecule has 0 aliphatic heterocycles. The van der Waals surface area contributed by atoms with Crippen molar-refractivity contribution in [2.45, 2.75) is 83.5 Å². The van der Waals surface area contributed by atoms with Gasteiger partial charge in [-0.1, -0.05) is 65.2 Å². The van der Waals surface area contributed by atoms with Gasteiger partial charge < -0.3 is 0 Å². The number of fused-ring (bicyclic) bond motifs is 3. The van der Waals surface area contributed by atoms with E-state index in [9.17, 15) is 4.79 Å². The molecule has 1 aliphatic rings. The van der Waals surface area contributed by atoms with Crippen LogP contribution in [0, 0.1) is 0 Å². The lowest BCUT2D eigenvalue weighted by Crippen LogP contribution is -2.25. The third kappa shape index (κ3) is 3.88. The van der Waals surface area contributed by atoms with Crippen LogP contribution < -0.4 is 0 Å². The van der Waals surface area contributed by atoms with Crippen molar-refractivity contribution < 1.29 is 4.79 Å². The summed E-state index contributed by atoms with van der Waals surface area (Å²) in [6.07, 6.45) is 13.8. The molecule has 26 heavy (non-hydrogen) atoms. The third-order valence-corrected chi connectivity index (χ3v) is 8.58. The van der Waals surface area contributed by atoms with E-state index in [1.165, 1.54) is 88.9 Å². The van der Waals surface area contributed by atoms with Gasteiger partial charge in [0.25, 0.3) is 0 Å². The molecule has 0 saturated heterocycles. The van der Waals surface area contributed by atoms with E-state index in [4.69, 9.17) is 0 Å². The predicted octanol–water partition coefficient (Wildman–Crippen LogP) is 8.59. The van der Waals surface area contributed by atoms with E-state index < -0.39 is 0 Å². The average molecular weight is 454 g/mol. The summed E-state index contributed by atoms with van der Waals surface area (Å²) in [6.45, 7) is 4.55. The molecular weight excluding hydrogens is 424 g/mol. The Kier molecular flexibility index (Phi) is 7.15. The number of halogens is 1. The maximum atomic E-state index is 11.4. The van der Waals surface area contributed by atoms with E-state index in [2.05, 4.69) is 41.9 Å². The van der Waals surface area contributed by atoms with Gasteiger partial charge in [-0.05, 0) is 52.0 Å². The van der Waals surface area contributed by atoms with Gasteiger partial charge in [0.2, 0.25) is 0 Å². The second-order valence-corrected chi connectivity index (χ2v) is 11.0. The molecule has 0 spiro atoms. The Hall–Kier alpha value is -0.450. The number of aldehydes is 1. The topological polar surface area (TPSA) is 17.1 Å². The number of carbonyl (C=O) groups excluding carboxylic acids is 1. The molecule has 0 saturated carbocycles. The highest BCUT2D eigenvalue weighted by Gasteiger charge is 2.45. The first-order valence-electron chi connectivity index (χ1n) is 10.1. The Labute approximate surface area is 174 Å². The van der Waals surface area contributed by atoms with Crippen LogP contribution in [0.1, 0.15) is 98.9 Å². The first-order chi connectivity index (χ1) is 12.7. The minimum absolute atomic E-state index is 0.131. The smallest absolute Gasteiger partial charge is 0.160 e. The zero-order valence-corrected chi connectivity index (χ0v) is 19.1. The minimum Gasteiger partial charge on any atom is -0.297 e. The van der Waals surface area contributed by atoms with Crippen LogP contribution in [0.15, 0.2) is 15.9 Å². The van der Waals surface area contributed by atoms with Gasteiger partial charge in [-0.3, -0.25) is 4.79 Å². The third-order valence-electron chi connectivity index (χ3n) is 5.72. The van der Waals surface area contributed by atoms with Crippen molar-refractivity contribution in [3.8, 4) is 9.75 Å². The first kappa shape index (κ1) is 20.3. The largest absolute Gasteiger partial charge is 0.297 e. The molecule has 0 radical (unpaired) electrons. The fourth-order valence-electron chi connectivity index (χ4n) is 4.39. The first-order valence-corrected chi connectivity index (χ1v) is 12.5. The molecule has 0 unspecified atom stereocenters. The number of carbonyl (C=O) groups is 1. The van der Waals surface area contributed by atoms with Gasteiger partial charge in [0.05, 0.1) is 8.66 Å². The van der Waals surface area contributed by atoms with Gasteiger partial charge in [-0.25, -0.2) is 0 Å². The van der Waals surface area contributed by atoms with Gasteiger partial charge in [0, 0.05) is 15.2 Å². The number of rotatable bonds is 11. The molecule has 1 nitrogen and oxygen atoms in total. The van der Waals surface area contributed by atoms with Gasteiger partial charge in [0.1, 0.15) is 0 Å². The van der Waals surface area contributed by atoms with E-state index in [0.717, 1.165) is 11.2 Å². The van der Waals surface area contributed by atoms with Crippen LogP contribution >= 0.6 is 38.6 Å². The molecule has 0 fully saturated rings. The average Bonchev–Trinajstić information content (AvgIpc) is 3.28. The number of unbranched alkanes of at least 4 members (excludes halogenated alkanes) is 6. The van der Waals surface area contributed by atoms with Crippen molar-refractivity contribution in [1.82, 2.24) is 0 Å². The van der Waals surface area contributed by atoms with Crippen LogP contribution in [0.4, 0.5) is 0 Å². The lowest BCUT2D eigenvalue weighted by atomic mass is 9.71. The SMILES string of the molecule is CCCCCCC1(CCCCCC)c2cc(Br)sc2-c2sc(C=O)cc21.